The number of benzene rings is 3. The number of carbonyl (C=O) groups excluding carboxylic acids is 1. The van der Waals surface area contributed by atoms with Crippen molar-refractivity contribution in [3.8, 4) is 28.1 Å². The maximum absolute atomic E-state index is 13.2. The van der Waals surface area contributed by atoms with Crippen molar-refractivity contribution in [1.82, 2.24) is 21.0 Å². The highest BCUT2D eigenvalue weighted by Gasteiger charge is 2.23. The van der Waals surface area contributed by atoms with E-state index in [4.69, 9.17) is 4.74 Å². The van der Waals surface area contributed by atoms with Crippen LogP contribution in [0, 0.1) is 0 Å². The quantitative estimate of drug-likeness (QED) is 0.379. The van der Waals surface area contributed by atoms with E-state index in [1.54, 1.807) is 13.2 Å². The van der Waals surface area contributed by atoms with Crippen molar-refractivity contribution < 1.29 is 9.53 Å². The number of rotatable bonds is 7. The van der Waals surface area contributed by atoms with Crippen molar-refractivity contribution in [1.29, 1.82) is 0 Å². The number of nitrogens with one attached hydrogen (secondary N) is 3. The predicted molar refractivity (Wildman–Crippen MR) is 128 cm³/mol. The zero-order valence-corrected chi connectivity index (χ0v) is 18.0. The van der Waals surface area contributed by atoms with E-state index in [2.05, 4.69) is 27.6 Å². The van der Waals surface area contributed by atoms with Gasteiger partial charge in [-0.1, -0.05) is 79.4 Å². The third kappa shape index (κ3) is 4.67. The highest BCUT2D eigenvalue weighted by atomic mass is 16.5. The third-order valence-electron chi connectivity index (χ3n) is 5.06. The van der Waals surface area contributed by atoms with Crippen LogP contribution in [-0.4, -0.2) is 23.2 Å². The number of nitrogens with zero attached hydrogens (tertiary/aromatic N) is 1. The van der Waals surface area contributed by atoms with Gasteiger partial charge in [0.2, 0.25) is 0 Å². The summed E-state index contributed by atoms with van der Waals surface area (Å²) in [4.78, 5) is 26.0. The first kappa shape index (κ1) is 21.6. The lowest BCUT2D eigenvalue weighted by Gasteiger charge is -2.15. The van der Waals surface area contributed by atoms with Gasteiger partial charge >= 0.3 is 0 Å². The van der Waals surface area contributed by atoms with Gasteiger partial charge in [-0.05, 0) is 17.7 Å². The molecule has 0 fully saturated rings. The Morgan fingerprint density at radius 3 is 2.24 bits per heavy atom. The molecule has 0 atom stereocenters. The van der Waals surface area contributed by atoms with Gasteiger partial charge in [-0.2, -0.15) is 5.10 Å². The summed E-state index contributed by atoms with van der Waals surface area (Å²) in [7, 11) is 1.57. The average molecular weight is 438 g/mol. The highest BCUT2D eigenvalue weighted by Crippen LogP contribution is 2.31. The second kappa shape index (κ2) is 9.65. The van der Waals surface area contributed by atoms with Gasteiger partial charge in [-0.25, -0.2) is 5.10 Å². The lowest BCUT2D eigenvalue weighted by Crippen LogP contribution is -2.39. The van der Waals surface area contributed by atoms with Gasteiger partial charge in [0.1, 0.15) is 11.3 Å². The molecule has 0 saturated heterocycles. The van der Waals surface area contributed by atoms with Crippen LogP contribution in [0.25, 0.3) is 28.1 Å². The molecule has 0 radical (unpaired) electrons. The van der Waals surface area contributed by atoms with E-state index < -0.39 is 11.5 Å². The van der Waals surface area contributed by atoms with Gasteiger partial charge in [0, 0.05) is 16.7 Å². The van der Waals surface area contributed by atoms with E-state index >= 15 is 0 Å². The molecule has 0 spiro atoms. The van der Waals surface area contributed by atoms with Crippen LogP contribution in [-0.2, 0) is 0 Å². The molecule has 0 aliphatic rings. The molecule has 7 heteroatoms. The molecule has 164 valence electrons. The van der Waals surface area contributed by atoms with E-state index in [9.17, 15) is 9.59 Å². The average Bonchev–Trinajstić information content (AvgIpc) is 2.87. The number of amides is 1. The lowest BCUT2D eigenvalue weighted by atomic mass is 9.95. The number of aromatic nitrogens is 2. The number of ether oxygens (including phenoxy) is 1. The van der Waals surface area contributed by atoms with E-state index in [0.717, 1.165) is 11.1 Å². The fourth-order valence-electron chi connectivity index (χ4n) is 3.44. The Hall–Kier alpha value is -4.65. The van der Waals surface area contributed by atoms with Crippen molar-refractivity contribution in [3.05, 3.63) is 113 Å². The zero-order chi connectivity index (χ0) is 23.2. The summed E-state index contributed by atoms with van der Waals surface area (Å²) in [5.41, 5.74) is 8.31. The fraction of sp³-hybridized carbons (Fsp3) is 0.0385. The van der Waals surface area contributed by atoms with Gasteiger partial charge in [0.15, 0.2) is 0 Å². The van der Waals surface area contributed by atoms with Gasteiger partial charge in [0.05, 0.1) is 18.5 Å². The van der Waals surface area contributed by atoms with Crippen LogP contribution in [0.15, 0.2) is 96.3 Å². The third-order valence-corrected chi connectivity index (χ3v) is 5.06. The molecule has 0 bridgehead atoms. The number of aromatic amines is 1. The number of H-pyrrole nitrogens is 1. The molecular formula is C26H22N4O3. The van der Waals surface area contributed by atoms with Gasteiger partial charge in [-0.3, -0.25) is 20.4 Å². The van der Waals surface area contributed by atoms with Crippen LogP contribution in [0.3, 0.4) is 0 Å². The molecule has 0 saturated carbocycles. The topological polar surface area (TPSA) is 96.1 Å². The van der Waals surface area contributed by atoms with E-state index in [-0.39, 0.29) is 5.56 Å². The molecule has 3 aromatic carbocycles. The summed E-state index contributed by atoms with van der Waals surface area (Å²) < 4.78 is 5.23. The van der Waals surface area contributed by atoms with Gasteiger partial charge < -0.3 is 4.74 Å². The molecule has 4 rings (SSSR count). The summed E-state index contributed by atoms with van der Waals surface area (Å²) >= 11 is 0. The molecule has 0 unspecified atom stereocenters. The predicted octanol–water partition coefficient (Wildman–Crippen LogP) is 4.02. The van der Waals surface area contributed by atoms with E-state index in [1.807, 2.05) is 78.9 Å². The molecule has 33 heavy (non-hydrogen) atoms. The molecule has 1 aromatic heterocycles. The minimum absolute atomic E-state index is 0.0546. The van der Waals surface area contributed by atoms with Gasteiger partial charge in [0.25, 0.3) is 11.5 Å². The monoisotopic (exact) mass is 438 g/mol. The Morgan fingerprint density at radius 2 is 1.58 bits per heavy atom. The van der Waals surface area contributed by atoms with Crippen LogP contribution in [0.2, 0.25) is 0 Å². The number of hydrogen-bond acceptors (Lipinski definition) is 5. The van der Waals surface area contributed by atoms with Crippen molar-refractivity contribution in [2.45, 2.75) is 0 Å². The van der Waals surface area contributed by atoms with Crippen LogP contribution in [0.1, 0.15) is 15.9 Å². The molecular weight excluding hydrogens is 416 g/mol. The molecule has 7 nitrogen and oxygen atoms in total. The Balaban J connectivity index is 1.71. The van der Waals surface area contributed by atoms with Crippen LogP contribution in [0.4, 0.5) is 0 Å². The van der Waals surface area contributed by atoms with Crippen LogP contribution < -0.4 is 21.1 Å². The minimum Gasteiger partial charge on any atom is -0.497 e. The standard InChI is InChI=1S/C26H22N4O3/c1-17(20-14-9-15-21(16-20)33-2)27-29-25(31)23-22(18-10-5-3-6-11-18)24(28-30-26(23)32)19-12-7-4-8-13-19/h3-16,27H,1H2,2H3,(H,29,31)(H,30,32). The van der Waals surface area contributed by atoms with Crippen molar-refractivity contribution in [3.63, 3.8) is 0 Å². The first-order chi connectivity index (χ1) is 16.1. The first-order valence-corrected chi connectivity index (χ1v) is 10.2. The summed E-state index contributed by atoms with van der Waals surface area (Å²) in [5.74, 6) is 0.0463. The van der Waals surface area contributed by atoms with Gasteiger partial charge in [-0.15, -0.1) is 0 Å². The van der Waals surface area contributed by atoms with E-state index in [0.29, 0.717) is 28.3 Å². The minimum atomic E-state index is -0.612. The smallest absolute Gasteiger partial charge is 0.277 e. The largest absolute Gasteiger partial charge is 0.497 e. The number of hydrogen-bond donors (Lipinski definition) is 3. The molecule has 4 aromatic rings. The Morgan fingerprint density at radius 1 is 0.909 bits per heavy atom. The number of methoxy groups -OCH3 is 1. The van der Waals surface area contributed by atoms with E-state index in [1.165, 1.54) is 0 Å². The van der Waals surface area contributed by atoms with Crippen LogP contribution in [0.5, 0.6) is 5.75 Å². The Kier molecular flexibility index (Phi) is 6.31. The summed E-state index contributed by atoms with van der Waals surface area (Å²) in [6.07, 6.45) is 0. The van der Waals surface area contributed by atoms with Crippen molar-refractivity contribution >= 4 is 11.6 Å². The molecule has 0 aliphatic heterocycles. The Labute approximate surface area is 190 Å². The Bertz CT molecular complexity index is 1350. The summed E-state index contributed by atoms with van der Waals surface area (Å²) in [5, 5.41) is 6.72. The van der Waals surface area contributed by atoms with Crippen molar-refractivity contribution in [2.24, 2.45) is 0 Å². The summed E-state index contributed by atoms with van der Waals surface area (Å²) in [6, 6.07) is 25.8. The first-order valence-electron chi connectivity index (χ1n) is 10.2. The fourth-order valence-corrected chi connectivity index (χ4v) is 3.44. The maximum Gasteiger partial charge on any atom is 0.277 e. The normalized spacial score (nSPS) is 10.3. The molecule has 1 heterocycles. The molecule has 1 amide bonds. The second-order valence-corrected chi connectivity index (χ2v) is 7.17. The SMILES string of the molecule is C=C(NNC(=O)c1c(-c2ccccc2)c(-c2ccccc2)n[nH]c1=O)c1cccc(OC)c1. The maximum atomic E-state index is 13.2. The second-order valence-electron chi connectivity index (χ2n) is 7.17. The number of carbonyl (C=O) groups is 1. The van der Waals surface area contributed by atoms with Crippen LogP contribution >= 0.6 is 0 Å². The molecule has 0 aliphatic carbocycles. The summed E-state index contributed by atoms with van der Waals surface area (Å²) in [6.45, 7) is 3.95. The van der Waals surface area contributed by atoms with Crippen molar-refractivity contribution in [2.75, 3.05) is 7.11 Å². The highest BCUT2D eigenvalue weighted by molar-refractivity contribution is 6.03. The lowest BCUT2D eigenvalue weighted by molar-refractivity contribution is 0.0941. The number of hydrazine groups is 1. The molecule has 3 N–H and O–H groups in total. The zero-order valence-electron chi connectivity index (χ0n) is 18.0.